The summed E-state index contributed by atoms with van der Waals surface area (Å²) in [6, 6.07) is 0. The van der Waals surface area contributed by atoms with E-state index >= 15 is 0 Å². The normalized spacial score (nSPS) is 42.0. The third-order valence-electron chi connectivity index (χ3n) is 8.34. The summed E-state index contributed by atoms with van der Waals surface area (Å²) < 4.78 is 0. The molecular formula is C23H30O5. The summed E-state index contributed by atoms with van der Waals surface area (Å²) in [5.74, 6) is -0.0751. The number of allylic oxidation sites excluding steroid dienone is 4. The number of carboxylic acids is 1. The summed E-state index contributed by atoms with van der Waals surface area (Å²) in [6.07, 6.45) is 7.77. The van der Waals surface area contributed by atoms with E-state index in [9.17, 15) is 19.5 Å². The largest absolute Gasteiger partial charge is 0.481 e. The Bertz CT molecular complexity index is 793. The molecule has 0 aromatic rings. The number of hydrogen-bond acceptors (Lipinski definition) is 4. The Kier molecular flexibility index (Phi) is 4.65. The van der Waals surface area contributed by atoms with Gasteiger partial charge in [-0.05, 0) is 66.9 Å². The van der Waals surface area contributed by atoms with Crippen LogP contribution in [-0.4, -0.2) is 33.9 Å². The molecule has 2 N–H and O–H groups in total. The van der Waals surface area contributed by atoms with Crippen molar-refractivity contribution in [3.05, 3.63) is 23.3 Å². The number of aliphatic hydroxyl groups excluding tert-OH is 1. The van der Waals surface area contributed by atoms with Crippen LogP contribution >= 0.6 is 0 Å². The van der Waals surface area contributed by atoms with Gasteiger partial charge in [-0.1, -0.05) is 25.5 Å². The molecular weight excluding hydrogens is 356 g/mol. The summed E-state index contributed by atoms with van der Waals surface area (Å²) in [7, 11) is 0. The second kappa shape index (κ2) is 6.65. The molecule has 4 rings (SSSR count). The maximum absolute atomic E-state index is 12.7. The molecule has 5 nitrogen and oxygen atoms in total. The molecule has 0 aromatic heterocycles. The Morgan fingerprint density at radius 2 is 1.93 bits per heavy atom. The van der Waals surface area contributed by atoms with E-state index in [0.717, 1.165) is 31.3 Å². The Labute approximate surface area is 165 Å². The Balaban J connectivity index is 1.62. The highest BCUT2D eigenvalue weighted by Crippen LogP contribution is 2.65. The number of hydrogen-bond donors (Lipinski definition) is 2. The van der Waals surface area contributed by atoms with E-state index in [4.69, 9.17) is 5.11 Å². The van der Waals surface area contributed by atoms with Gasteiger partial charge in [0, 0.05) is 18.3 Å². The van der Waals surface area contributed by atoms with Crippen molar-refractivity contribution in [1.82, 2.24) is 0 Å². The van der Waals surface area contributed by atoms with Crippen molar-refractivity contribution >= 4 is 17.5 Å². The molecule has 0 unspecified atom stereocenters. The van der Waals surface area contributed by atoms with E-state index in [1.165, 1.54) is 5.57 Å². The van der Waals surface area contributed by atoms with Crippen LogP contribution in [0.3, 0.4) is 0 Å². The van der Waals surface area contributed by atoms with Gasteiger partial charge in [0.05, 0.1) is 12.5 Å². The van der Waals surface area contributed by atoms with Crippen LogP contribution in [0.5, 0.6) is 0 Å². The molecule has 0 saturated heterocycles. The highest BCUT2D eigenvalue weighted by molar-refractivity contribution is 5.98. The molecule has 4 aliphatic carbocycles. The molecule has 0 spiro atoms. The van der Waals surface area contributed by atoms with Gasteiger partial charge in [-0.15, -0.1) is 0 Å². The van der Waals surface area contributed by atoms with Gasteiger partial charge in [-0.3, -0.25) is 14.4 Å². The van der Waals surface area contributed by atoms with Crippen molar-refractivity contribution in [3.8, 4) is 0 Å². The quantitative estimate of drug-likeness (QED) is 0.772. The standard InChI is InChI=1S/C23H30O5/c1-22-10-9-14(24)11-13(22)3-4-15-16-5-6-17(18(25)7-8-20(27)28)23(16,2)12-19(26)21(15)22/h6,11,15-16,19,21,26H,3-5,7-10,12H2,1-2H3,(H,27,28)/t15-,16-,19-,21+,22-,23-/m0/s1. The minimum absolute atomic E-state index is 0.0282. The fourth-order valence-corrected chi connectivity index (χ4v) is 7.04. The maximum atomic E-state index is 12.7. The summed E-state index contributed by atoms with van der Waals surface area (Å²) in [5, 5.41) is 20.2. The van der Waals surface area contributed by atoms with Gasteiger partial charge in [0.2, 0.25) is 0 Å². The van der Waals surface area contributed by atoms with E-state index < -0.39 is 12.1 Å². The lowest BCUT2D eigenvalue weighted by atomic mass is 9.46. The number of rotatable bonds is 4. The number of aliphatic carboxylic acids is 1. The highest BCUT2D eigenvalue weighted by atomic mass is 16.4. The minimum Gasteiger partial charge on any atom is -0.481 e. The fraction of sp³-hybridized carbons (Fsp3) is 0.696. The lowest BCUT2D eigenvalue weighted by molar-refractivity contribution is -0.139. The fourth-order valence-electron chi connectivity index (χ4n) is 7.04. The molecule has 4 aliphatic rings. The predicted octanol–water partition coefficient (Wildman–Crippen LogP) is 3.46. The molecule has 5 heteroatoms. The first-order chi connectivity index (χ1) is 13.2. The first kappa shape index (κ1) is 19.6. The molecule has 0 bridgehead atoms. The van der Waals surface area contributed by atoms with Crippen LogP contribution in [0.4, 0.5) is 0 Å². The van der Waals surface area contributed by atoms with Crippen LogP contribution in [0, 0.1) is 28.6 Å². The number of carbonyl (C=O) groups excluding carboxylic acids is 2. The van der Waals surface area contributed by atoms with Crippen LogP contribution in [0.25, 0.3) is 0 Å². The molecule has 0 radical (unpaired) electrons. The third-order valence-corrected chi connectivity index (χ3v) is 8.34. The summed E-state index contributed by atoms with van der Waals surface area (Å²) in [5.41, 5.74) is 1.43. The SMILES string of the molecule is C[C@]12CCC(=O)C=C1CC[C@@H]1[C@@H]2[C@@H](O)C[C@]2(C)C(C(=O)CCC(=O)O)=CC[C@@H]12. The van der Waals surface area contributed by atoms with Crippen molar-refractivity contribution in [1.29, 1.82) is 0 Å². The Morgan fingerprint density at radius 1 is 1.18 bits per heavy atom. The summed E-state index contributed by atoms with van der Waals surface area (Å²) in [6.45, 7) is 4.31. The Morgan fingerprint density at radius 3 is 2.64 bits per heavy atom. The van der Waals surface area contributed by atoms with Crippen molar-refractivity contribution in [3.63, 3.8) is 0 Å². The van der Waals surface area contributed by atoms with Gasteiger partial charge in [0.1, 0.15) is 0 Å². The van der Waals surface area contributed by atoms with Crippen LogP contribution in [0.2, 0.25) is 0 Å². The molecule has 6 atom stereocenters. The van der Waals surface area contributed by atoms with E-state index in [1.54, 1.807) is 0 Å². The van der Waals surface area contributed by atoms with Gasteiger partial charge in [0.15, 0.2) is 11.6 Å². The third kappa shape index (κ3) is 2.81. The van der Waals surface area contributed by atoms with Crippen LogP contribution in [-0.2, 0) is 14.4 Å². The van der Waals surface area contributed by atoms with Gasteiger partial charge >= 0.3 is 5.97 Å². The van der Waals surface area contributed by atoms with E-state index in [1.807, 2.05) is 12.2 Å². The van der Waals surface area contributed by atoms with Gasteiger partial charge in [-0.2, -0.15) is 0 Å². The van der Waals surface area contributed by atoms with Crippen molar-refractivity contribution < 1.29 is 24.6 Å². The van der Waals surface area contributed by atoms with Crippen LogP contribution in [0.1, 0.15) is 65.2 Å². The molecule has 0 heterocycles. The van der Waals surface area contributed by atoms with E-state index in [-0.39, 0.29) is 41.2 Å². The lowest BCUT2D eigenvalue weighted by Gasteiger charge is -2.59. The topological polar surface area (TPSA) is 91.7 Å². The number of fused-ring (bicyclic) bond motifs is 5. The van der Waals surface area contributed by atoms with E-state index in [2.05, 4.69) is 13.8 Å². The van der Waals surface area contributed by atoms with Gasteiger partial charge in [-0.25, -0.2) is 0 Å². The number of aliphatic hydroxyl groups is 1. The number of ketones is 2. The first-order valence-corrected chi connectivity index (χ1v) is 10.5. The van der Waals surface area contributed by atoms with E-state index in [0.29, 0.717) is 24.7 Å². The number of Topliss-reactive ketones (excluding diaryl/α,β-unsaturated/α-hetero) is 1. The zero-order chi connectivity index (χ0) is 20.3. The monoisotopic (exact) mass is 386 g/mol. The average Bonchev–Trinajstić information content (AvgIpc) is 2.96. The van der Waals surface area contributed by atoms with Crippen molar-refractivity contribution in [2.24, 2.45) is 28.6 Å². The molecule has 2 saturated carbocycles. The first-order valence-electron chi connectivity index (χ1n) is 10.5. The smallest absolute Gasteiger partial charge is 0.303 e. The van der Waals surface area contributed by atoms with Crippen molar-refractivity contribution in [2.45, 2.75) is 71.3 Å². The zero-order valence-corrected chi connectivity index (χ0v) is 16.7. The second-order valence-corrected chi connectivity index (χ2v) is 9.75. The van der Waals surface area contributed by atoms with Crippen LogP contribution < -0.4 is 0 Å². The molecule has 2 fully saturated rings. The molecule has 28 heavy (non-hydrogen) atoms. The summed E-state index contributed by atoms with van der Waals surface area (Å²) >= 11 is 0. The van der Waals surface area contributed by atoms with Gasteiger partial charge in [0.25, 0.3) is 0 Å². The average molecular weight is 386 g/mol. The zero-order valence-electron chi connectivity index (χ0n) is 16.7. The lowest BCUT2D eigenvalue weighted by Crippen LogP contribution is -2.56. The Hall–Kier alpha value is -1.75. The van der Waals surface area contributed by atoms with Gasteiger partial charge < -0.3 is 10.2 Å². The minimum atomic E-state index is -0.955. The number of carboxylic acid groups (broad SMARTS) is 1. The molecule has 152 valence electrons. The highest BCUT2D eigenvalue weighted by Gasteiger charge is 2.60. The summed E-state index contributed by atoms with van der Waals surface area (Å²) in [4.78, 5) is 35.6. The molecule has 0 aliphatic heterocycles. The second-order valence-electron chi connectivity index (χ2n) is 9.75. The van der Waals surface area contributed by atoms with Crippen molar-refractivity contribution in [2.75, 3.05) is 0 Å². The predicted molar refractivity (Wildman–Crippen MR) is 103 cm³/mol. The number of carbonyl (C=O) groups is 3. The maximum Gasteiger partial charge on any atom is 0.303 e. The van der Waals surface area contributed by atoms with Crippen LogP contribution in [0.15, 0.2) is 23.3 Å². The molecule has 0 aromatic carbocycles. The molecule has 0 amide bonds.